The molecule has 11 heavy (non-hydrogen) atoms. The molecule has 0 bridgehead atoms. The lowest BCUT2D eigenvalue weighted by Gasteiger charge is -1.80. The molecule has 1 heterocycles. The van der Waals surface area contributed by atoms with E-state index in [9.17, 15) is 0 Å². The predicted molar refractivity (Wildman–Crippen MR) is 46.2 cm³/mol. The van der Waals surface area contributed by atoms with Crippen molar-refractivity contribution in [3.8, 4) is 0 Å². The highest BCUT2D eigenvalue weighted by Gasteiger charge is 1.98. The van der Waals surface area contributed by atoms with Crippen molar-refractivity contribution >= 4 is 17.8 Å². The van der Waals surface area contributed by atoms with Crippen molar-refractivity contribution < 1.29 is 4.42 Å². The minimum atomic E-state index is 0.580. The summed E-state index contributed by atoms with van der Waals surface area (Å²) in [5.41, 5.74) is 0. The van der Waals surface area contributed by atoms with E-state index in [2.05, 4.69) is 10.2 Å². The smallest absolute Gasteiger partial charge is 0.241 e. The molecule has 0 fully saturated rings. The zero-order valence-corrected chi connectivity index (χ0v) is 7.39. The molecule has 1 rings (SSSR count). The standard InChI is InChI=1S/C7H10N2OS/c1-3-6-8-9-7(10-6)4-5-11-2/h4-5H,3H2,1-2H3/b5-4+. The first kappa shape index (κ1) is 8.33. The van der Waals surface area contributed by atoms with Crippen LogP contribution in [0.4, 0.5) is 0 Å². The van der Waals surface area contributed by atoms with E-state index < -0.39 is 0 Å². The Kier molecular flexibility index (Phi) is 3.16. The zero-order valence-electron chi connectivity index (χ0n) is 6.57. The molecule has 0 aliphatic heterocycles. The van der Waals surface area contributed by atoms with Crippen LogP contribution < -0.4 is 0 Å². The first-order valence-electron chi connectivity index (χ1n) is 3.38. The lowest BCUT2D eigenvalue weighted by Crippen LogP contribution is -1.76. The molecule has 0 radical (unpaired) electrons. The number of aromatic nitrogens is 2. The van der Waals surface area contributed by atoms with Crippen LogP contribution in [0.1, 0.15) is 18.7 Å². The van der Waals surface area contributed by atoms with Crippen LogP contribution in [0.5, 0.6) is 0 Å². The van der Waals surface area contributed by atoms with Gasteiger partial charge in [-0.15, -0.1) is 22.0 Å². The van der Waals surface area contributed by atoms with E-state index in [0.29, 0.717) is 11.8 Å². The van der Waals surface area contributed by atoms with Crippen molar-refractivity contribution in [3.63, 3.8) is 0 Å². The molecule has 0 spiro atoms. The fourth-order valence-corrected chi connectivity index (χ4v) is 0.856. The quantitative estimate of drug-likeness (QED) is 0.695. The van der Waals surface area contributed by atoms with Gasteiger partial charge in [-0.25, -0.2) is 0 Å². The van der Waals surface area contributed by atoms with Crippen molar-refractivity contribution in [2.75, 3.05) is 6.26 Å². The van der Waals surface area contributed by atoms with Gasteiger partial charge in [0.05, 0.1) is 0 Å². The highest BCUT2D eigenvalue weighted by Crippen LogP contribution is 2.04. The first-order valence-corrected chi connectivity index (χ1v) is 4.67. The van der Waals surface area contributed by atoms with E-state index >= 15 is 0 Å². The van der Waals surface area contributed by atoms with E-state index in [-0.39, 0.29) is 0 Å². The van der Waals surface area contributed by atoms with Crippen LogP contribution in [-0.2, 0) is 6.42 Å². The fraction of sp³-hybridized carbons (Fsp3) is 0.429. The molecule has 0 saturated heterocycles. The number of aryl methyl sites for hydroxylation is 1. The molecule has 0 unspecified atom stereocenters. The maximum Gasteiger partial charge on any atom is 0.241 e. The number of rotatable bonds is 3. The molecule has 0 aliphatic carbocycles. The third-order valence-electron chi connectivity index (χ3n) is 1.13. The van der Waals surface area contributed by atoms with Gasteiger partial charge in [0, 0.05) is 12.5 Å². The Morgan fingerprint density at radius 1 is 1.55 bits per heavy atom. The van der Waals surface area contributed by atoms with Crippen molar-refractivity contribution in [1.82, 2.24) is 10.2 Å². The molecule has 0 aromatic carbocycles. The average molecular weight is 170 g/mol. The van der Waals surface area contributed by atoms with Gasteiger partial charge >= 0.3 is 0 Å². The minimum Gasteiger partial charge on any atom is -0.421 e. The summed E-state index contributed by atoms with van der Waals surface area (Å²) < 4.78 is 5.21. The molecule has 1 aromatic heterocycles. The summed E-state index contributed by atoms with van der Waals surface area (Å²) in [4.78, 5) is 0. The van der Waals surface area contributed by atoms with Crippen LogP contribution in [0.3, 0.4) is 0 Å². The number of thioether (sulfide) groups is 1. The molecule has 3 nitrogen and oxygen atoms in total. The summed E-state index contributed by atoms with van der Waals surface area (Å²) >= 11 is 1.60. The van der Waals surface area contributed by atoms with Crippen LogP contribution >= 0.6 is 11.8 Å². The van der Waals surface area contributed by atoms with Crippen LogP contribution in [-0.4, -0.2) is 16.5 Å². The number of hydrogen-bond acceptors (Lipinski definition) is 4. The topological polar surface area (TPSA) is 38.9 Å². The molecule has 0 amide bonds. The predicted octanol–water partition coefficient (Wildman–Crippen LogP) is 1.97. The van der Waals surface area contributed by atoms with Gasteiger partial charge in [0.15, 0.2) is 0 Å². The number of nitrogens with zero attached hydrogens (tertiary/aromatic N) is 2. The van der Waals surface area contributed by atoms with Crippen molar-refractivity contribution in [2.24, 2.45) is 0 Å². The molecular weight excluding hydrogens is 160 g/mol. The third kappa shape index (κ3) is 2.38. The second-order valence-corrected chi connectivity index (χ2v) is 2.67. The third-order valence-corrected chi connectivity index (χ3v) is 1.54. The van der Waals surface area contributed by atoms with Gasteiger partial charge in [-0.05, 0) is 11.7 Å². The monoisotopic (exact) mass is 170 g/mol. The number of hydrogen-bond donors (Lipinski definition) is 0. The summed E-state index contributed by atoms with van der Waals surface area (Å²) in [7, 11) is 0. The van der Waals surface area contributed by atoms with E-state index in [0.717, 1.165) is 6.42 Å². The van der Waals surface area contributed by atoms with Gasteiger partial charge < -0.3 is 4.42 Å². The van der Waals surface area contributed by atoms with E-state index in [4.69, 9.17) is 4.42 Å². The molecule has 60 valence electrons. The van der Waals surface area contributed by atoms with Gasteiger partial charge in [-0.3, -0.25) is 0 Å². The summed E-state index contributed by atoms with van der Waals surface area (Å²) in [6.07, 6.45) is 4.57. The lowest BCUT2D eigenvalue weighted by atomic mass is 10.5. The first-order chi connectivity index (χ1) is 5.36. The van der Waals surface area contributed by atoms with Crippen LogP contribution in [0.25, 0.3) is 6.08 Å². The van der Waals surface area contributed by atoms with E-state index in [1.807, 2.05) is 18.6 Å². The van der Waals surface area contributed by atoms with Gasteiger partial charge in [0.1, 0.15) is 0 Å². The van der Waals surface area contributed by atoms with Gasteiger partial charge in [-0.1, -0.05) is 6.92 Å². The molecule has 1 aromatic rings. The summed E-state index contributed by atoms with van der Waals surface area (Å²) in [6, 6.07) is 0. The highest BCUT2D eigenvalue weighted by atomic mass is 32.2. The molecule has 0 N–H and O–H groups in total. The Hall–Kier alpha value is -0.770. The Bertz CT molecular complexity index is 244. The Labute approximate surface area is 69.9 Å². The molecule has 4 heteroatoms. The van der Waals surface area contributed by atoms with Gasteiger partial charge in [0.2, 0.25) is 11.8 Å². The minimum absolute atomic E-state index is 0.580. The molecule has 0 aliphatic rings. The molecule has 0 atom stereocenters. The van der Waals surface area contributed by atoms with Gasteiger partial charge in [-0.2, -0.15) is 0 Å². The normalized spacial score (nSPS) is 11.1. The maximum absolute atomic E-state index is 5.21. The fourth-order valence-electron chi connectivity index (χ4n) is 0.603. The Morgan fingerprint density at radius 3 is 2.91 bits per heavy atom. The summed E-state index contributed by atoms with van der Waals surface area (Å²) in [6.45, 7) is 1.98. The zero-order chi connectivity index (χ0) is 8.10. The SMILES string of the molecule is CCc1nnc(/C=C/SC)o1. The molecular formula is C7H10N2OS. The average Bonchev–Trinajstić information content (AvgIpc) is 2.48. The second-order valence-electron chi connectivity index (χ2n) is 1.93. The summed E-state index contributed by atoms with van der Waals surface area (Å²) in [5.74, 6) is 1.27. The van der Waals surface area contributed by atoms with Gasteiger partial charge in [0.25, 0.3) is 0 Å². The van der Waals surface area contributed by atoms with Crippen molar-refractivity contribution in [1.29, 1.82) is 0 Å². The summed E-state index contributed by atoms with van der Waals surface area (Å²) in [5, 5.41) is 9.53. The highest BCUT2D eigenvalue weighted by molar-refractivity contribution is 8.01. The second kappa shape index (κ2) is 4.18. The largest absolute Gasteiger partial charge is 0.421 e. The maximum atomic E-state index is 5.21. The van der Waals surface area contributed by atoms with Crippen molar-refractivity contribution in [3.05, 3.63) is 17.2 Å². The van der Waals surface area contributed by atoms with E-state index in [1.54, 1.807) is 17.8 Å². The molecule has 0 saturated carbocycles. The Balaban J connectivity index is 2.65. The van der Waals surface area contributed by atoms with Crippen LogP contribution in [0, 0.1) is 0 Å². The Morgan fingerprint density at radius 2 is 2.36 bits per heavy atom. The van der Waals surface area contributed by atoms with Crippen molar-refractivity contribution in [2.45, 2.75) is 13.3 Å². The van der Waals surface area contributed by atoms with E-state index in [1.165, 1.54) is 0 Å². The lowest BCUT2D eigenvalue weighted by molar-refractivity contribution is 0.491. The van der Waals surface area contributed by atoms with Crippen LogP contribution in [0.2, 0.25) is 0 Å². The van der Waals surface area contributed by atoms with Crippen LogP contribution in [0.15, 0.2) is 9.83 Å².